The first kappa shape index (κ1) is 23.2. The molecule has 1 amide bonds. The number of fused-ring (bicyclic) bond motifs is 3. The summed E-state index contributed by atoms with van der Waals surface area (Å²) in [4.78, 5) is 33.1. The van der Waals surface area contributed by atoms with Gasteiger partial charge in [0.2, 0.25) is 0 Å². The fraction of sp³-hybridized carbons (Fsp3) is 0.565. The van der Waals surface area contributed by atoms with Crippen LogP contribution in [0.1, 0.15) is 30.0 Å². The number of carbonyl (C=O) groups is 1. The molecule has 2 aromatic heterocycles. The van der Waals surface area contributed by atoms with E-state index < -0.39 is 6.10 Å². The number of aromatic nitrogens is 3. The van der Waals surface area contributed by atoms with Gasteiger partial charge in [-0.2, -0.15) is 5.10 Å². The molecule has 2 aromatic rings. The summed E-state index contributed by atoms with van der Waals surface area (Å²) in [6, 6.07) is 2.28. The Morgan fingerprint density at radius 2 is 2.15 bits per heavy atom. The third-order valence-corrected chi connectivity index (χ3v) is 6.33. The molecule has 10 nitrogen and oxygen atoms in total. The number of amides is 1. The number of rotatable bonds is 7. The number of pyridine rings is 1. The lowest BCUT2D eigenvalue weighted by Gasteiger charge is -2.45. The predicted octanol–water partition coefficient (Wildman–Crippen LogP) is 0.623. The number of hydrogen-bond donors (Lipinski definition) is 3. The van der Waals surface area contributed by atoms with Crippen molar-refractivity contribution in [3.63, 3.8) is 0 Å². The van der Waals surface area contributed by atoms with Crippen molar-refractivity contribution in [2.75, 3.05) is 43.1 Å². The van der Waals surface area contributed by atoms with Gasteiger partial charge in [0.05, 0.1) is 25.1 Å². The molecule has 0 aliphatic carbocycles. The first-order valence-corrected chi connectivity index (χ1v) is 11.4. The number of ether oxygens (including phenoxy) is 1. The summed E-state index contributed by atoms with van der Waals surface area (Å²) in [5.41, 5.74) is 3.36. The summed E-state index contributed by atoms with van der Waals surface area (Å²) in [6.45, 7) is 7.69. The summed E-state index contributed by atoms with van der Waals surface area (Å²) < 4.78 is 5.59. The molecule has 4 rings (SSSR count). The Morgan fingerprint density at radius 1 is 1.33 bits per heavy atom. The van der Waals surface area contributed by atoms with E-state index in [1.165, 1.54) is 5.56 Å². The van der Waals surface area contributed by atoms with Gasteiger partial charge in [0.25, 0.3) is 11.5 Å². The van der Waals surface area contributed by atoms with Gasteiger partial charge in [-0.25, -0.2) is 10.1 Å². The predicted molar refractivity (Wildman–Crippen MR) is 125 cm³/mol. The number of nitrogens with zero attached hydrogens (tertiary/aromatic N) is 4. The molecule has 2 aliphatic heterocycles. The average Bonchev–Trinajstić information content (AvgIpc) is 2.80. The number of hydrogen-bond acceptors (Lipinski definition) is 8. The Bertz CT molecular complexity index is 1060. The van der Waals surface area contributed by atoms with Gasteiger partial charge < -0.3 is 25.0 Å². The van der Waals surface area contributed by atoms with Crippen molar-refractivity contribution in [1.82, 2.24) is 20.1 Å². The summed E-state index contributed by atoms with van der Waals surface area (Å²) in [5, 5.41) is 19.8. The van der Waals surface area contributed by atoms with Gasteiger partial charge in [0.15, 0.2) is 6.10 Å². The zero-order valence-corrected chi connectivity index (χ0v) is 19.4. The molecular weight excluding hydrogens is 424 g/mol. The zero-order chi connectivity index (χ0) is 23.5. The van der Waals surface area contributed by atoms with Crippen molar-refractivity contribution in [2.24, 2.45) is 0 Å². The minimum absolute atomic E-state index is 0.0774. The van der Waals surface area contributed by atoms with Gasteiger partial charge in [0.1, 0.15) is 5.82 Å². The molecule has 1 saturated heterocycles. The molecule has 0 bridgehead atoms. The topological polar surface area (TPSA) is 124 Å². The van der Waals surface area contributed by atoms with E-state index in [9.17, 15) is 14.7 Å². The first-order valence-electron chi connectivity index (χ1n) is 11.4. The summed E-state index contributed by atoms with van der Waals surface area (Å²) in [5.74, 6) is 0.729. The van der Waals surface area contributed by atoms with E-state index in [1.54, 1.807) is 18.0 Å². The molecule has 1 fully saturated rings. The minimum Gasteiger partial charge on any atom is -0.381 e. The Balaban J connectivity index is 1.25. The Kier molecular flexibility index (Phi) is 6.94. The number of carbonyl (C=O) groups excluding carboxylic acids is 1. The van der Waals surface area contributed by atoms with Gasteiger partial charge in [-0.05, 0) is 44.7 Å². The van der Waals surface area contributed by atoms with Crippen molar-refractivity contribution in [1.29, 1.82) is 0 Å². The van der Waals surface area contributed by atoms with Crippen LogP contribution in [-0.4, -0.2) is 82.1 Å². The lowest BCUT2D eigenvalue weighted by atomic mass is 9.95. The third kappa shape index (κ3) is 5.17. The second kappa shape index (κ2) is 9.88. The van der Waals surface area contributed by atoms with E-state index in [-0.39, 0.29) is 36.8 Å². The number of aliphatic hydroxyl groups excluding tert-OH is 1. The Hall–Kier alpha value is -2.98. The van der Waals surface area contributed by atoms with Crippen molar-refractivity contribution in [3.05, 3.63) is 45.5 Å². The largest absolute Gasteiger partial charge is 0.381 e. The lowest BCUT2D eigenvalue weighted by molar-refractivity contribution is -0.144. The molecule has 0 aromatic carbocycles. The van der Waals surface area contributed by atoms with Crippen LogP contribution in [0.4, 0.5) is 11.5 Å². The Morgan fingerprint density at radius 3 is 2.97 bits per heavy atom. The molecule has 3 atom stereocenters. The first-order chi connectivity index (χ1) is 15.8. The van der Waals surface area contributed by atoms with Crippen LogP contribution >= 0.6 is 0 Å². The maximum atomic E-state index is 12.8. The van der Waals surface area contributed by atoms with E-state index in [2.05, 4.69) is 38.4 Å². The molecule has 3 N–H and O–H groups in total. The van der Waals surface area contributed by atoms with E-state index in [0.717, 1.165) is 24.2 Å². The molecule has 33 heavy (non-hydrogen) atoms. The van der Waals surface area contributed by atoms with Crippen molar-refractivity contribution in [3.8, 4) is 0 Å². The van der Waals surface area contributed by atoms with Gasteiger partial charge in [-0.3, -0.25) is 9.59 Å². The fourth-order valence-corrected chi connectivity index (χ4v) is 4.52. The van der Waals surface area contributed by atoms with E-state index in [4.69, 9.17) is 4.74 Å². The molecule has 4 heterocycles. The number of nitrogens with one attached hydrogen (secondary N) is 2. The van der Waals surface area contributed by atoms with Gasteiger partial charge in [0, 0.05) is 43.5 Å². The number of H-pyrrole nitrogens is 1. The molecule has 2 aliphatic rings. The van der Waals surface area contributed by atoms with Crippen LogP contribution in [0.15, 0.2) is 23.3 Å². The minimum atomic E-state index is -1.21. The molecule has 0 unspecified atom stereocenters. The second-order valence-corrected chi connectivity index (χ2v) is 9.00. The standard InChI is InChI=1S/C23H32N6O4/c1-14-8-17-4-5-18-11-28(6-7-29(18)21(17)24-9-14)23(32)20(30)13-33-12-15(2)26-19-10-25-27-22(31)16(19)3/h8-10,15,18,20,30H,4-7,11-13H2,1-3H3,(H2,26,27,31)/t15-,18+,20+/m0/s1. The van der Waals surface area contributed by atoms with Crippen LogP contribution in [0.25, 0.3) is 0 Å². The molecule has 10 heteroatoms. The molecule has 0 spiro atoms. The smallest absolute Gasteiger partial charge is 0.269 e. The highest BCUT2D eigenvalue weighted by Crippen LogP contribution is 2.31. The van der Waals surface area contributed by atoms with Gasteiger partial charge in [-0.1, -0.05) is 6.07 Å². The number of aromatic amines is 1. The third-order valence-electron chi connectivity index (χ3n) is 6.33. The van der Waals surface area contributed by atoms with Crippen LogP contribution in [-0.2, 0) is 16.0 Å². The number of aryl methyl sites for hydroxylation is 2. The normalized spacial score (nSPS) is 19.5. The van der Waals surface area contributed by atoms with E-state index >= 15 is 0 Å². The number of aliphatic hydroxyl groups is 1. The van der Waals surface area contributed by atoms with Crippen LogP contribution in [0.5, 0.6) is 0 Å². The average molecular weight is 457 g/mol. The van der Waals surface area contributed by atoms with Gasteiger partial charge in [-0.15, -0.1) is 0 Å². The maximum absolute atomic E-state index is 12.8. The highest BCUT2D eigenvalue weighted by atomic mass is 16.5. The number of piperazine rings is 1. The van der Waals surface area contributed by atoms with Crippen LogP contribution < -0.4 is 15.8 Å². The monoisotopic (exact) mass is 456 g/mol. The molecule has 0 radical (unpaired) electrons. The van der Waals surface area contributed by atoms with Gasteiger partial charge >= 0.3 is 0 Å². The van der Waals surface area contributed by atoms with Crippen LogP contribution in [0.3, 0.4) is 0 Å². The van der Waals surface area contributed by atoms with Crippen molar-refractivity contribution in [2.45, 2.75) is 51.8 Å². The summed E-state index contributed by atoms with van der Waals surface area (Å²) in [6.07, 6.45) is 4.15. The summed E-state index contributed by atoms with van der Waals surface area (Å²) in [7, 11) is 0. The Labute approximate surface area is 193 Å². The van der Waals surface area contributed by atoms with Crippen LogP contribution in [0, 0.1) is 13.8 Å². The van der Waals surface area contributed by atoms with Crippen molar-refractivity contribution >= 4 is 17.4 Å². The molecule has 178 valence electrons. The highest BCUT2D eigenvalue weighted by molar-refractivity contribution is 5.81. The van der Waals surface area contributed by atoms with Crippen molar-refractivity contribution < 1.29 is 14.6 Å². The zero-order valence-electron chi connectivity index (χ0n) is 19.4. The molecular formula is C23H32N6O4. The fourth-order valence-electron chi connectivity index (χ4n) is 4.52. The quantitative estimate of drug-likeness (QED) is 0.554. The van der Waals surface area contributed by atoms with Crippen LogP contribution in [0.2, 0.25) is 0 Å². The number of anilines is 2. The van der Waals surface area contributed by atoms with E-state index in [0.29, 0.717) is 30.9 Å². The maximum Gasteiger partial charge on any atom is 0.269 e. The SMILES string of the molecule is Cc1cnc2c(c1)CC[C@@H]1CN(C(=O)[C@H](O)COC[C@H](C)Nc3cn[nH]c(=O)c3C)CCN21. The highest BCUT2D eigenvalue weighted by Gasteiger charge is 2.35. The second-order valence-electron chi connectivity index (χ2n) is 9.00. The van der Waals surface area contributed by atoms with E-state index in [1.807, 2.05) is 13.1 Å². The molecule has 0 saturated carbocycles. The lowest BCUT2D eigenvalue weighted by Crippen LogP contribution is -2.58. The summed E-state index contributed by atoms with van der Waals surface area (Å²) >= 11 is 0.